The van der Waals surface area contributed by atoms with Crippen LogP contribution in [0, 0.1) is 17.3 Å². The highest BCUT2D eigenvalue weighted by Crippen LogP contribution is 2.50. The highest BCUT2D eigenvalue weighted by Gasteiger charge is 2.51. The quantitative estimate of drug-likeness (QED) is 0.809. The summed E-state index contributed by atoms with van der Waals surface area (Å²) in [4.78, 5) is 0. The van der Waals surface area contributed by atoms with Gasteiger partial charge in [0.2, 0.25) is 0 Å². The fourth-order valence-electron chi connectivity index (χ4n) is 4.36. The Morgan fingerprint density at radius 3 is 2.28 bits per heavy atom. The zero-order valence-corrected chi connectivity index (χ0v) is 12.3. The van der Waals surface area contributed by atoms with Gasteiger partial charge in [0.25, 0.3) is 0 Å². The van der Waals surface area contributed by atoms with Gasteiger partial charge in [-0.25, -0.2) is 0 Å². The first-order valence-corrected chi connectivity index (χ1v) is 7.94. The minimum atomic E-state index is -0.526. The largest absolute Gasteiger partial charge is 0.389 e. The van der Waals surface area contributed by atoms with E-state index in [1.54, 1.807) is 0 Å². The molecule has 106 valence electrons. The van der Waals surface area contributed by atoms with Crippen LogP contribution in [-0.4, -0.2) is 17.3 Å². The minimum absolute atomic E-state index is 0.143. The average Bonchev–Trinajstić information content (AvgIpc) is 2.40. The molecule has 3 N–H and O–H groups in total. The van der Waals surface area contributed by atoms with Crippen LogP contribution in [0.15, 0.2) is 0 Å². The van der Waals surface area contributed by atoms with Gasteiger partial charge in [-0.15, -0.1) is 0 Å². The van der Waals surface area contributed by atoms with Crippen molar-refractivity contribution >= 4 is 0 Å². The summed E-state index contributed by atoms with van der Waals surface area (Å²) in [6.45, 7) is 4.91. The molecule has 2 atom stereocenters. The normalized spacial score (nSPS) is 35.7. The molecule has 0 saturated heterocycles. The Kier molecular flexibility index (Phi) is 4.38. The first kappa shape index (κ1) is 14.3. The molecule has 0 radical (unpaired) electrons. The van der Waals surface area contributed by atoms with Crippen molar-refractivity contribution in [3.8, 4) is 0 Å². The second kappa shape index (κ2) is 5.50. The van der Waals surface area contributed by atoms with Gasteiger partial charge < -0.3 is 10.8 Å². The van der Waals surface area contributed by atoms with E-state index in [0.717, 1.165) is 12.3 Å². The maximum absolute atomic E-state index is 11.3. The summed E-state index contributed by atoms with van der Waals surface area (Å²) in [5, 5.41) is 11.3. The lowest BCUT2D eigenvalue weighted by atomic mass is 9.57. The second-order valence-electron chi connectivity index (χ2n) is 7.26. The number of nitrogens with two attached hydrogens (primary N) is 1. The summed E-state index contributed by atoms with van der Waals surface area (Å²) >= 11 is 0. The summed E-state index contributed by atoms with van der Waals surface area (Å²) in [6.07, 6.45) is 11.4. The molecule has 0 amide bonds. The van der Waals surface area contributed by atoms with E-state index in [1.165, 1.54) is 51.4 Å². The third kappa shape index (κ3) is 2.46. The molecule has 2 fully saturated rings. The Labute approximate surface area is 112 Å². The van der Waals surface area contributed by atoms with Crippen molar-refractivity contribution in [1.29, 1.82) is 0 Å². The van der Waals surface area contributed by atoms with Crippen molar-refractivity contribution in [3.63, 3.8) is 0 Å². The van der Waals surface area contributed by atoms with Crippen LogP contribution in [-0.2, 0) is 0 Å². The standard InChI is InChI=1S/C16H31NO/c1-15(2,12-17)16(18)11-7-6-10-14(16)13-8-4-3-5-9-13/h13-14,18H,3-12,17H2,1-2H3. The number of hydrogen-bond donors (Lipinski definition) is 2. The molecule has 2 unspecified atom stereocenters. The van der Waals surface area contributed by atoms with Crippen molar-refractivity contribution in [3.05, 3.63) is 0 Å². The monoisotopic (exact) mass is 253 g/mol. The first-order chi connectivity index (χ1) is 8.51. The zero-order chi connectivity index (χ0) is 13.2. The van der Waals surface area contributed by atoms with E-state index in [-0.39, 0.29) is 5.41 Å². The van der Waals surface area contributed by atoms with E-state index in [1.807, 2.05) is 0 Å². The van der Waals surface area contributed by atoms with Gasteiger partial charge in [-0.3, -0.25) is 0 Å². The second-order valence-corrected chi connectivity index (χ2v) is 7.26. The average molecular weight is 253 g/mol. The van der Waals surface area contributed by atoms with Crippen LogP contribution in [0.4, 0.5) is 0 Å². The molecule has 2 aliphatic rings. The Morgan fingerprint density at radius 2 is 1.67 bits per heavy atom. The van der Waals surface area contributed by atoms with E-state index in [0.29, 0.717) is 12.5 Å². The molecular formula is C16H31NO. The highest BCUT2D eigenvalue weighted by molar-refractivity contribution is 5.03. The van der Waals surface area contributed by atoms with Crippen LogP contribution in [0.25, 0.3) is 0 Å². The van der Waals surface area contributed by atoms with Crippen LogP contribution < -0.4 is 5.73 Å². The SMILES string of the molecule is CC(C)(CN)C1(O)CCCCC1C1CCCCC1. The Hall–Kier alpha value is -0.0800. The van der Waals surface area contributed by atoms with Crippen molar-refractivity contribution in [1.82, 2.24) is 0 Å². The fraction of sp³-hybridized carbons (Fsp3) is 1.00. The van der Waals surface area contributed by atoms with Crippen molar-refractivity contribution < 1.29 is 5.11 Å². The van der Waals surface area contributed by atoms with Crippen molar-refractivity contribution in [2.24, 2.45) is 23.0 Å². The van der Waals surface area contributed by atoms with E-state index in [4.69, 9.17) is 5.73 Å². The number of hydrogen-bond acceptors (Lipinski definition) is 2. The lowest BCUT2D eigenvalue weighted by Crippen LogP contribution is -2.57. The lowest BCUT2D eigenvalue weighted by Gasteiger charge is -2.53. The van der Waals surface area contributed by atoms with Gasteiger partial charge in [0, 0.05) is 12.0 Å². The molecule has 0 spiro atoms. The molecule has 0 heterocycles. The maximum atomic E-state index is 11.3. The molecule has 2 nitrogen and oxygen atoms in total. The molecule has 0 aromatic heterocycles. The van der Waals surface area contributed by atoms with Gasteiger partial charge >= 0.3 is 0 Å². The predicted octanol–water partition coefficient (Wildman–Crippen LogP) is 3.47. The Morgan fingerprint density at radius 1 is 1.06 bits per heavy atom. The molecule has 0 aromatic rings. The minimum Gasteiger partial charge on any atom is -0.389 e. The van der Waals surface area contributed by atoms with E-state index >= 15 is 0 Å². The Bertz CT molecular complexity index is 270. The molecule has 0 aliphatic heterocycles. The van der Waals surface area contributed by atoms with Crippen LogP contribution in [0.5, 0.6) is 0 Å². The summed E-state index contributed by atoms with van der Waals surface area (Å²) in [6, 6.07) is 0. The summed E-state index contributed by atoms with van der Waals surface area (Å²) in [7, 11) is 0. The molecule has 2 rings (SSSR count). The molecule has 2 aliphatic carbocycles. The van der Waals surface area contributed by atoms with Gasteiger partial charge in [-0.05, 0) is 24.7 Å². The smallest absolute Gasteiger partial charge is 0.0741 e. The third-order valence-electron chi connectivity index (χ3n) is 5.84. The lowest BCUT2D eigenvalue weighted by molar-refractivity contribution is -0.150. The summed E-state index contributed by atoms with van der Waals surface area (Å²) in [5.41, 5.74) is 5.29. The molecule has 2 saturated carbocycles. The Balaban J connectivity index is 2.19. The van der Waals surface area contributed by atoms with E-state index in [2.05, 4.69) is 13.8 Å². The van der Waals surface area contributed by atoms with Crippen LogP contribution >= 0.6 is 0 Å². The van der Waals surface area contributed by atoms with Crippen LogP contribution in [0.1, 0.15) is 71.6 Å². The number of aliphatic hydroxyl groups is 1. The van der Waals surface area contributed by atoms with Crippen LogP contribution in [0.2, 0.25) is 0 Å². The molecule has 0 bridgehead atoms. The molecule has 0 aromatic carbocycles. The summed E-state index contributed by atoms with van der Waals surface area (Å²) in [5.74, 6) is 1.24. The van der Waals surface area contributed by atoms with Crippen LogP contribution in [0.3, 0.4) is 0 Å². The van der Waals surface area contributed by atoms with Gasteiger partial charge in [0.1, 0.15) is 0 Å². The molecule has 2 heteroatoms. The van der Waals surface area contributed by atoms with Gasteiger partial charge in [-0.1, -0.05) is 58.8 Å². The van der Waals surface area contributed by atoms with Crippen molar-refractivity contribution in [2.75, 3.05) is 6.54 Å². The molecular weight excluding hydrogens is 222 g/mol. The van der Waals surface area contributed by atoms with E-state index < -0.39 is 5.60 Å². The topological polar surface area (TPSA) is 46.2 Å². The predicted molar refractivity (Wildman–Crippen MR) is 76.3 cm³/mol. The van der Waals surface area contributed by atoms with Gasteiger partial charge in [0.05, 0.1) is 5.60 Å². The van der Waals surface area contributed by atoms with Gasteiger partial charge in [-0.2, -0.15) is 0 Å². The fourth-order valence-corrected chi connectivity index (χ4v) is 4.36. The van der Waals surface area contributed by atoms with E-state index in [9.17, 15) is 5.11 Å². The highest BCUT2D eigenvalue weighted by atomic mass is 16.3. The van der Waals surface area contributed by atoms with Gasteiger partial charge in [0.15, 0.2) is 0 Å². The zero-order valence-electron chi connectivity index (χ0n) is 12.3. The maximum Gasteiger partial charge on any atom is 0.0741 e. The summed E-state index contributed by atoms with van der Waals surface area (Å²) < 4.78 is 0. The molecule has 18 heavy (non-hydrogen) atoms. The van der Waals surface area contributed by atoms with Crippen molar-refractivity contribution in [2.45, 2.75) is 77.2 Å². The third-order valence-corrected chi connectivity index (χ3v) is 5.84. The first-order valence-electron chi connectivity index (χ1n) is 7.94. The number of rotatable bonds is 3.